The van der Waals surface area contributed by atoms with Crippen LogP contribution in [0, 0.1) is 16.7 Å². The molecule has 2 rings (SSSR count). The van der Waals surface area contributed by atoms with Crippen molar-refractivity contribution in [3.8, 4) is 0 Å². The third kappa shape index (κ3) is 5.34. The third-order valence-corrected chi connectivity index (χ3v) is 6.18. The molecule has 0 saturated heterocycles. The fourth-order valence-electron chi connectivity index (χ4n) is 3.66. The SMILES string of the molecule is CC(=O)C(CCCCC1(CO)CC1)CCCCC1(CO)CC1. The third-order valence-electron chi connectivity index (χ3n) is 6.18. The van der Waals surface area contributed by atoms with E-state index in [0.717, 1.165) is 51.4 Å². The van der Waals surface area contributed by atoms with Crippen molar-refractivity contribution in [3.05, 3.63) is 0 Å². The number of aliphatic hydroxyl groups is 2. The molecule has 22 heavy (non-hydrogen) atoms. The molecule has 0 aromatic carbocycles. The summed E-state index contributed by atoms with van der Waals surface area (Å²) in [6.45, 7) is 2.42. The van der Waals surface area contributed by atoms with E-state index in [1.54, 1.807) is 6.92 Å². The van der Waals surface area contributed by atoms with Gasteiger partial charge < -0.3 is 10.2 Å². The van der Waals surface area contributed by atoms with Crippen LogP contribution in [0.1, 0.15) is 84.0 Å². The molecule has 0 aromatic rings. The molecule has 0 amide bonds. The summed E-state index contributed by atoms with van der Waals surface area (Å²) in [5.74, 6) is 0.570. The maximum absolute atomic E-state index is 11.8. The number of aliphatic hydroxyl groups excluding tert-OH is 2. The van der Waals surface area contributed by atoms with Gasteiger partial charge in [0.05, 0.1) is 0 Å². The monoisotopic (exact) mass is 310 g/mol. The number of ketones is 1. The van der Waals surface area contributed by atoms with E-state index in [4.69, 9.17) is 0 Å². The highest BCUT2D eigenvalue weighted by Gasteiger charge is 2.41. The molecule has 2 fully saturated rings. The van der Waals surface area contributed by atoms with E-state index in [0.29, 0.717) is 19.0 Å². The molecule has 3 nitrogen and oxygen atoms in total. The zero-order chi connectivity index (χ0) is 16.1. The molecule has 0 aliphatic heterocycles. The summed E-state index contributed by atoms with van der Waals surface area (Å²) in [6.07, 6.45) is 13.6. The molecule has 2 aliphatic rings. The second-order valence-corrected chi connectivity index (χ2v) is 8.12. The lowest BCUT2D eigenvalue weighted by Crippen LogP contribution is -2.12. The molecule has 2 saturated carbocycles. The van der Waals surface area contributed by atoms with E-state index in [2.05, 4.69) is 0 Å². The summed E-state index contributed by atoms with van der Waals surface area (Å²) < 4.78 is 0. The van der Waals surface area contributed by atoms with Crippen LogP contribution in [0.15, 0.2) is 0 Å². The molecule has 0 aromatic heterocycles. The second-order valence-electron chi connectivity index (χ2n) is 8.12. The first-order valence-corrected chi connectivity index (χ1v) is 9.27. The molecule has 0 atom stereocenters. The van der Waals surface area contributed by atoms with Crippen molar-refractivity contribution in [2.75, 3.05) is 13.2 Å². The lowest BCUT2D eigenvalue weighted by Gasteiger charge is -2.16. The highest BCUT2D eigenvalue weighted by Crippen LogP contribution is 2.50. The molecule has 0 heterocycles. The standard InChI is InChI=1S/C19H34O3/c1-16(22)17(6-2-4-8-18(14-20)10-11-18)7-3-5-9-19(15-21)12-13-19/h17,20-21H,2-15H2,1H3. The van der Waals surface area contributed by atoms with Gasteiger partial charge in [0.1, 0.15) is 5.78 Å². The van der Waals surface area contributed by atoms with Crippen LogP contribution in [0.3, 0.4) is 0 Å². The van der Waals surface area contributed by atoms with E-state index in [-0.39, 0.29) is 16.7 Å². The molecule has 2 aliphatic carbocycles. The first kappa shape index (κ1) is 17.9. The Labute approximate surface area is 135 Å². The Balaban J connectivity index is 1.55. The van der Waals surface area contributed by atoms with E-state index in [9.17, 15) is 15.0 Å². The van der Waals surface area contributed by atoms with Crippen molar-refractivity contribution < 1.29 is 15.0 Å². The van der Waals surface area contributed by atoms with Gasteiger partial charge in [-0.25, -0.2) is 0 Å². The summed E-state index contributed by atoms with van der Waals surface area (Å²) in [5, 5.41) is 18.6. The van der Waals surface area contributed by atoms with E-state index in [1.807, 2.05) is 0 Å². The number of carbonyl (C=O) groups excluding carboxylic acids is 1. The maximum Gasteiger partial charge on any atom is 0.132 e. The number of Topliss-reactive ketones (excluding diaryl/α,β-unsaturated/α-hetero) is 1. The minimum atomic E-state index is 0.230. The number of hydrogen-bond donors (Lipinski definition) is 2. The van der Waals surface area contributed by atoms with Gasteiger partial charge in [-0.15, -0.1) is 0 Å². The predicted octanol–water partition coefficient (Wildman–Crippen LogP) is 3.86. The van der Waals surface area contributed by atoms with Gasteiger partial charge in [-0.05, 0) is 69.1 Å². The first-order chi connectivity index (χ1) is 10.5. The van der Waals surface area contributed by atoms with Crippen molar-refractivity contribution >= 4 is 5.78 Å². The van der Waals surface area contributed by atoms with E-state index in [1.165, 1.54) is 25.7 Å². The van der Waals surface area contributed by atoms with Gasteiger partial charge in [0.2, 0.25) is 0 Å². The van der Waals surface area contributed by atoms with Crippen molar-refractivity contribution in [1.82, 2.24) is 0 Å². The predicted molar refractivity (Wildman–Crippen MR) is 88.6 cm³/mol. The van der Waals surface area contributed by atoms with Crippen LogP contribution in [0.2, 0.25) is 0 Å². The molecule has 0 unspecified atom stereocenters. The van der Waals surface area contributed by atoms with Crippen LogP contribution in [0.25, 0.3) is 0 Å². The van der Waals surface area contributed by atoms with E-state index >= 15 is 0 Å². The lowest BCUT2D eigenvalue weighted by molar-refractivity contribution is -0.121. The summed E-state index contributed by atoms with van der Waals surface area (Å²) in [7, 11) is 0. The van der Waals surface area contributed by atoms with Crippen molar-refractivity contribution in [2.24, 2.45) is 16.7 Å². The van der Waals surface area contributed by atoms with Crippen molar-refractivity contribution in [3.63, 3.8) is 0 Å². The van der Waals surface area contributed by atoms with Gasteiger partial charge in [-0.1, -0.05) is 25.7 Å². The average Bonchev–Trinajstić information content (AvgIpc) is 3.42. The minimum Gasteiger partial charge on any atom is -0.396 e. The number of carbonyl (C=O) groups is 1. The fourth-order valence-corrected chi connectivity index (χ4v) is 3.66. The van der Waals surface area contributed by atoms with Crippen LogP contribution in [-0.2, 0) is 4.79 Å². The molecule has 3 heteroatoms. The van der Waals surface area contributed by atoms with Gasteiger partial charge in [0, 0.05) is 19.1 Å². The maximum atomic E-state index is 11.8. The van der Waals surface area contributed by atoms with Gasteiger partial charge in [0.25, 0.3) is 0 Å². The largest absolute Gasteiger partial charge is 0.396 e. The lowest BCUT2D eigenvalue weighted by atomic mass is 9.89. The Hall–Kier alpha value is -0.410. The quantitative estimate of drug-likeness (QED) is 0.508. The minimum absolute atomic E-state index is 0.230. The van der Waals surface area contributed by atoms with Gasteiger partial charge in [-0.2, -0.15) is 0 Å². The molecule has 2 N–H and O–H groups in total. The molecule has 0 radical (unpaired) electrons. The Kier molecular flexibility index (Phi) is 6.46. The molecular weight excluding hydrogens is 276 g/mol. The van der Waals surface area contributed by atoms with Crippen LogP contribution >= 0.6 is 0 Å². The normalized spacial score (nSPS) is 21.1. The Morgan fingerprint density at radius 3 is 1.55 bits per heavy atom. The number of rotatable bonds is 13. The average molecular weight is 310 g/mol. The summed E-state index contributed by atoms with van der Waals surface area (Å²) >= 11 is 0. The Morgan fingerprint density at radius 2 is 1.27 bits per heavy atom. The van der Waals surface area contributed by atoms with Crippen molar-refractivity contribution in [2.45, 2.75) is 84.0 Å². The molecule has 0 bridgehead atoms. The Morgan fingerprint density at radius 1 is 0.864 bits per heavy atom. The van der Waals surface area contributed by atoms with Crippen LogP contribution in [0.4, 0.5) is 0 Å². The number of hydrogen-bond acceptors (Lipinski definition) is 3. The smallest absolute Gasteiger partial charge is 0.132 e. The summed E-state index contributed by atoms with van der Waals surface area (Å²) in [6, 6.07) is 0. The Bertz CT molecular complexity index is 328. The molecular formula is C19H34O3. The highest BCUT2D eigenvalue weighted by atomic mass is 16.3. The van der Waals surface area contributed by atoms with Crippen molar-refractivity contribution in [1.29, 1.82) is 0 Å². The highest BCUT2D eigenvalue weighted by molar-refractivity contribution is 5.78. The summed E-state index contributed by atoms with van der Waals surface area (Å²) in [5.41, 5.74) is 0.517. The topological polar surface area (TPSA) is 57.5 Å². The molecule has 128 valence electrons. The van der Waals surface area contributed by atoms with Crippen LogP contribution in [0.5, 0.6) is 0 Å². The first-order valence-electron chi connectivity index (χ1n) is 9.27. The second kappa shape index (κ2) is 7.92. The zero-order valence-electron chi connectivity index (χ0n) is 14.3. The summed E-state index contributed by atoms with van der Waals surface area (Å²) in [4.78, 5) is 11.8. The number of unbranched alkanes of at least 4 members (excludes halogenated alkanes) is 2. The molecule has 0 spiro atoms. The van der Waals surface area contributed by atoms with Gasteiger partial charge in [-0.3, -0.25) is 4.79 Å². The zero-order valence-corrected chi connectivity index (χ0v) is 14.3. The van der Waals surface area contributed by atoms with Crippen LogP contribution in [-0.4, -0.2) is 29.2 Å². The van der Waals surface area contributed by atoms with Gasteiger partial charge in [0.15, 0.2) is 0 Å². The fraction of sp³-hybridized carbons (Fsp3) is 0.947. The van der Waals surface area contributed by atoms with Gasteiger partial charge >= 0.3 is 0 Å². The van der Waals surface area contributed by atoms with E-state index < -0.39 is 0 Å². The van der Waals surface area contributed by atoms with Crippen LogP contribution < -0.4 is 0 Å².